The smallest absolute Gasteiger partial charge is 0.266 e. The van der Waals surface area contributed by atoms with Gasteiger partial charge in [-0.2, -0.15) is 0 Å². The molecule has 0 radical (unpaired) electrons. The maximum absolute atomic E-state index is 12.7. The van der Waals surface area contributed by atoms with Crippen molar-refractivity contribution in [3.05, 3.63) is 33.7 Å². The van der Waals surface area contributed by atoms with Crippen molar-refractivity contribution in [3.8, 4) is 11.5 Å². The molecule has 1 aliphatic carbocycles. The quantitative estimate of drug-likeness (QED) is 0.821. The third kappa shape index (κ3) is 3.50. The SMILES string of the molecule is Cc1cc(NC(=O)C2CC2)sc1C(=O)Nc1cc2c(cc1Cl)OCCO2. The monoisotopic (exact) mass is 392 g/mol. The minimum Gasteiger partial charge on any atom is -0.486 e. The molecule has 2 heterocycles. The molecule has 1 aliphatic heterocycles. The summed E-state index contributed by atoms with van der Waals surface area (Å²) < 4.78 is 11.0. The Labute approximate surface area is 159 Å². The minimum absolute atomic E-state index is 0.0214. The Bertz CT molecular complexity index is 892. The molecule has 2 aromatic rings. The van der Waals surface area contributed by atoms with Gasteiger partial charge < -0.3 is 20.1 Å². The van der Waals surface area contributed by atoms with Gasteiger partial charge in [0.1, 0.15) is 13.2 Å². The van der Waals surface area contributed by atoms with Crippen molar-refractivity contribution in [2.24, 2.45) is 5.92 Å². The Hall–Kier alpha value is -2.25. The van der Waals surface area contributed by atoms with Crippen molar-refractivity contribution < 1.29 is 19.1 Å². The van der Waals surface area contributed by atoms with Crippen LogP contribution in [0.25, 0.3) is 0 Å². The second-order valence-corrected chi connectivity index (χ2v) is 7.78. The number of nitrogens with one attached hydrogen (secondary N) is 2. The summed E-state index contributed by atoms with van der Waals surface area (Å²) in [5.74, 6) is 0.977. The Morgan fingerprint density at radius 3 is 2.50 bits per heavy atom. The molecule has 0 bridgehead atoms. The number of carbonyl (C=O) groups excluding carboxylic acids is 2. The lowest BCUT2D eigenvalue weighted by Gasteiger charge is -2.20. The van der Waals surface area contributed by atoms with Crippen molar-refractivity contribution in [1.29, 1.82) is 0 Å². The summed E-state index contributed by atoms with van der Waals surface area (Å²) >= 11 is 7.50. The van der Waals surface area contributed by atoms with Crippen LogP contribution < -0.4 is 20.1 Å². The highest BCUT2D eigenvalue weighted by Gasteiger charge is 2.30. The van der Waals surface area contributed by atoms with E-state index in [0.29, 0.717) is 45.3 Å². The van der Waals surface area contributed by atoms with Crippen LogP contribution in [0.2, 0.25) is 5.02 Å². The number of aryl methyl sites for hydroxylation is 1. The normalized spacial score (nSPS) is 15.5. The lowest BCUT2D eigenvalue weighted by atomic mass is 10.2. The van der Waals surface area contributed by atoms with E-state index < -0.39 is 0 Å². The van der Waals surface area contributed by atoms with Gasteiger partial charge in [0.25, 0.3) is 5.91 Å². The van der Waals surface area contributed by atoms with E-state index in [4.69, 9.17) is 21.1 Å². The van der Waals surface area contributed by atoms with Crippen molar-refractivity contribution in [1.82, 2.24) is 0 Å². The molecule has 0 atom stereocenters. The van der Waals surface area contributed by atoms with E-state index in [1.807, 2.05) is 13.0 Å². The molecule has 0 unspecified atom stereocenters. The summed E-state index contributed by atoms with van der Waals surface area (Å²) in [5, 5.41) is 6.74. The standard InChI is InChI=1S/C18H17ClN2O4S/c1-9-6-15(21-17(22)10-2-3-10)26-16(9)18(23)20-12-8-14-13(7-11(12)19)24-4-5-25-14/h6-8,10H,2-5H2,1H3,(H,20,23)(H,21,22). The number of benzene rings is 1. The van der Waals surface area contributed by atoms with Gasteiger partial charge in [0.05, 0.1) is 20.6 Å². The number of hydrogen-bond acceptors (Lipinski definition) is 5. The molecule has 136 valence electrons. The second-order valence-electron chi connectivity index (χ2n) is 6.32. The topological polar surface area (TPSA) is 76.7 Å². The van der Waals surface area contributed by atoms with Gasteiger partial charge in [-0.05, 0) is 31.4 Å². The van der Waals surface area contributed by atoms with Crippen molar-refractivity contribution in [3.63, 3.8) is 0 Å². The molecule has 0 saturated heterocycles. The van der Waals surface area contributed by atoms with Gasteiger partial charge in [0.15, 0.2) is 11.5 Å². The number of rotatable bonds is 4. The minimum atomic E-state index is -0.280. The van der Waals surface area contributed by atoms with Gasteiger partial charge in [0.2, 0.25) is 5.91 Å². The van der Waals surface area contributed by atoms with E-state index in [1.165, 1.54) is 11.3 Å². The van der Waals surface area contributed by atoms with Crippen LogP contribution in [0.4, 0.5) is 10.7 Å². The average molecular weight is 393 g/mol. The molecule has 6 nitrogen and oxygen atoms in total. The lowest BCUT2D eigenvalue weighted by Crippen LogP contribution is -2.16. The zero-order valence-electron chi connectivity index (χ0n) is 14.1. The van der Waals surface area contributed by atoms with E-state index in [9.17, 15) is 9.59 Å². The highest BCUT2D eigenvalue weighted by Crippen LogP contribution is 2.39. The van der Waals surface area contributed by atoms with Gasteiger partial charge in [-0.3, -0.25) is 9.59 Å². The predicted molar refractivity (Wildman–Crippen MR) is 101 cm³/mol. The van der Waals surface area contributed by atoms with Gasteiger partial charge in [-0.15, -0.1) is 11.3 Å². The summed E-state index contributed by atoms with van der Waals surface area (Å²) in [6.45, 7) is 2.76. The first-order chi connectivity index (χ1) is 12.5. The first-order valence-corrected chi connectivity index (χ1v) is 9.52. The largest absolute Gasteiger partial charge is 0.486 e. The van der Waals surface area contributed by atoms with Crippen LogP contribution in [-0.4, -0.2) is 25.0 Å². The van der Waals surface area contributed by atoms with E-state index >= 15 is 0 Å². The molecule has 0 spiro atoms. The van der Waals surface area contributed by atoms with Gasteiger partial charge in [0, 0.05) is 18.1 Å². The molecule has 2 N–H and O–H groups in total. The molecular weight excluding hydrogens is 376 g/mol. The highest BCUT2D eigenvalue weighted by molar-refractivity contribution is 7.18. The fourth-order valence-corrected chi connectivity index (χ4v) is 3.85. The molecule has 1 aromatic carbocycles. The van der Waals surface area contributed by atoms with E-state index in [2.05, 4.69) is 10.6 Å². The number of halogens is 1. The molecular formula is C18H17ClN2O4S. The third-order valence-corrected chi connectivity index (χ3v) is 5.66. The highest BCUT2D eigenvalue weighted by atomic mass is 35.5. The first-order valence-electron chi connectivity index (χ1n) is 8.33. The third-order valence-electron chi connectivity index (χ3n) is 4.20. The van der Waals surface area contributed by atoms with Crippen LogP contribution in [0, 0.1) is 12.8 Å². The Balaban J connectivity index is 1.51. The molecule has 1 fully saturated rings. The van der Waals surface area contributed by atoms with E-state index in [0.717, 1.165) is 18.4 Å². The van der Waals surface area contributed by atoms with Crippen LogP contribution in [0.1, 0.15) is 28.1 Å². The van der Waals surface area contributed by atoms with Gasteiger partial charge >= 0.3 is 0 Å². The Morgan fingerprint density at radius 2 is 1.81 bits per heavy atom. The molecule has 2 amide bonds. The number of fused-ring (bicyclic) bond motifs is 1. The zero-order valence-corrected chi connectivity index (χ0v) is 15.6. The van der Waals surface area contributed by atoms with E-state index in [1.54, 1.807) is 12.1 Å². The second kappa shape index (κ2) is 6.81. The maximum Gasteiger partial charge on any atom is 0.266 e. The number of ether oxygens (including phenoxy) is 2. The fourth-order valence-electron chi connectivity index (χ4n) is 2.68. The number of carbonyl (C=O) groups is 2. The molecule has 1 aromatic heterocycles. The molecule has 26 heavy (non-hydrogen) atoms. The summed E-state index contributed by atoms with van der Waals surface area (Å²) in [6, 6.07) is 5.10. The molecule has 1 saturated carbocycles. The average Bonchev–Trinajstić information content (AvgIpc) is 3.39. The summed E-state index contributed by atoms with van der Waals surface area (Å²) in [6.07, 6.45) is 1.87. The summed E-state index contributed by atoms with van der Waals surface area (Å²) in [7, 11) is 0. The van der Waals surface area contributed by atoms with Crippen LogP contribution in [0.5, 0.6) is 11.5 Å². The summed E-state index contributed by atoms with van der Waals surface area (Å²) in [4.78, 5) is 25.1. The van der Waals surface area contributed by atoms with Gasteiger partial charge in [-0.1, -0.05) is 11.6 Å². The number of amides is 2. The van der Waals surface area contributed by atoms with Crippen molar-refractivity contribution in [2.75, 3.05) is 23.8 Å². The van der Waals surface area contributed by atoms with Crippen LogP contribution in [0.15, 0.2) is 18.2 Å². The first kappa shape index (κ1) is 17.2. The van der Waals surface area contributed by atoms with Crippen molar-refractivity contribution in [2.45, 2.75) is 19.8 Å². The Kier molecular flexibility index (Phi) is 4.50. The molecule has 4 rings (SSSR count). The lowest BCUT2D eigenvalue weighted by molar-refractivity contribution is -0.117. The van der Waals surface area contributed by atoms with Crippen LogP contribution in [0.3, 0.4) is 0 Å². The van der Waals surface area contributed by atoms with Gasteiger partial charge in [-0.25, -0.2) is 0 Å². The molecule has 2 aliphatic rings. The zero-order chi connectivity index (χ0) is 18.3. The van der Waals surface area contributed by atoms with Crippen molar-refractivity contribution >= 4 is 45.4 Å². The maximum atomic E-state index is 12.7. The fraction of sp³-hybridized carbons (Fsp3) is 0.333. The predicted octanol–water partition coefficient (Wildman–Crippen LogP) is 4.08. The molecule has 8 heteroatoms. The number of thiophene rings is 1. The summed E-state index contributed by atoms with van der Waals surface area (Å²) in [5.41, 5.74) is 1.25. The van der Waals surface area contributed by atoms with Crippen LogP contribution >= 0.6 is 22.9 Å². The van der Waals surface area contributed by atoms with Crippen LogP contribution in [-0.2, 0) is 4.79 Å². The number of hydrogen-bond donors (Lipinski definition) is 2. The van der Waals surface area contributed by atoms with E-state index in [-0.39, 0.29) is 17.7 Å². The Morgan fingerprint density at radius 1 is 1.12 bits per heavy atom. The number of anilines is 2.